The van der Waals surface area contributed by atoms with Gasteiger partial charge in [-0.1, -0.05) is 55.4 Å². The Balaban J connectivity index is 4.56. The highest BCUT2D eigenvalue weighted by molar-refractivity contribution is 4.84. The summed E-state index contributed by atoms with van der Waals surface area (Å²) in [5.74, 6) is 0.661. The molecule has 0 fully saturated rings. The fourth-order valence-electron chi connectivity index (χ4n) is 1.46. The van der Waals surface area contributed by atoms with Gasteiger partial charge in [0, 0.05) is 0 Å². The zero-order valence-electron chi connectivity index (χ0n) is 11.2. The molecule has 0 radical (unpaired) electrons. The highest BCUT2D eigenvalue weighted by Gasteiger charge is 2.35. The van der Waals surface area contributed by atoms with Gasteiger partial charge in [0.25, 0.3) is 0 Å². The van der Waals surface area contributed by atoms with Gasteiger partial charge in [0.2, 0.25) is 0 Å². The van der Waals surface area contributed by atoms with Crippen LogP contribution in [0.1, 0.15) is 55.4 Å². The largest absolute Gasteiger partial charge is 0.393 e. The normalized spacial score (nSPS) is 20.4. The lowest BCUT2D eigenvalue weighted by Gasteiger charge is -2.39. The summed E-state index contributed by atoms with van der Waals surface area (Å²) < 4.78 is 0. The van der Waals surface area contributed by atoms with Gasteiger partial charge < -0.3 is 5.11 Å². The van der Waals surface area contributed by atoms with Gasteiger partial charge in [0.05, 0.1) is 6.10 Å². The zero-order chi connectivity index (χ0) is 11.7. The van der Waals surface area contributed by atoms with E-state index >= 15 is 0 Å². The standard InChI is InChI=1S/C13H28O/c1-9(12(3,4)5)11(14)10(2)13(6,7)8/h9-11,14H,1-8H3/t9-,10?,11?/m1/s1. The van der Waals surface area contributed by atoms with Crippen LogP contribution in [0.15, 0.2) is 0 Å². The lowest BCUT2D eigenvalue weighted by molar-refractivity contribution is -0.0215. The van der Waals surface area contributed by atoms with Gasteiger partial charge in [0.1, 0.15) is 0 Å². The lowest BCUT2D eigenvalue weighted by atomic mass is 9.69. The minimum Gasteiger partial charge on any atom is -0.393 e. The molecule has 0 amide bonds. The number of hydrogen-bond acceptors (Lipinski definition) is 1. The SMILES string of the molecule is CC(C(O)[C@@H](C)C(C)(C)C)C(C)(C)C. The van der Waals surface area contributed by atoms with E-state index in [1.165, 1.54) is 0 Å². The summed E-state index contributed by atoms with van der Waals surface area (Å²) in [5, 5.41) is 10.3. The second kappa shape index (κ2) is 4.22. The summed E-state index contributed by atoms with van der Waals surface area (Å²) in [4.78, 5) is 0. The molecular weight excluding hydrogens is 172 g/mol. The zero-order valence-corrected chi connectivity index (χ0v) is 11.2. The van der Waals surface area contributed by atoms with Crippen LogP contribution in [-0.4, -0.2) is 11.2 Å². The van der Waals surface area contributed by atoms with Crippen LogP contribution in [0.2, 0.25) is 0 Å². The fraction of sp³-hybridized carbons (Fsp3) is 1.00. The van der Waals surface area contributed by atoms with Crippen molar-refractivity contribution >= 4 is 0 Å². The molecule has 0 aliphatic carbocycles. The molecule has 0 saturated carbocycles. The summed E-state index contributed by atoms with van der Waals surface area (Å²) in [6, 6.07) is 0. The van der Waals surface area contributed by atoms with Crippen molar-refractivity contribution in [3.05, 3.63) is 0 Å². The van der Waals surface area contributed by atoms with Crippen LogP contribution >= 0.6 is 0 Å². The minimum absolute atomic E-state index is 0.179. The average molecular weight is 200 g/mol. The van der Waals surface area contributed by atoms with E-state index in [0.29, 0.717) is 11.8 Å². The maximum atomic E-state index is 10.3. The summed E-state index contributed by atoms with van der Waals surface area (Å²) in [6.45, 7) is 17.4. The van der Waals surface area contributed by atoms with Crippen molar-refractivity contribution in [3.63, 3.8) is 0 Å². The van der Waals surface area contributed by atoms with E-state index in [2.05, 4.69) is 55.4 Å². The first kappa shape index (κ1) is 14.0. The maximum Gasteiger partial charge on any atom is 0.0601 e. The monoisotopic (exact) mass is 200 g/mol. The van der Waals surface area contributed by atoms with E-state index in [0.717, 1.165) is 0 Å². The molecule has 3 atom stereocenters. The van der Waals surface area contributed by atoms with Crippen LogP contribution in [0.4, 0.5) is 0 Å². The Morgan fingerprint density at radius 3 is 1.07 bits per heavy atom. The molecule has 0 rings (SSSR count). The summed E-state index contributed by atoms with van der Waals surface area (Å²) >= 11 is 0. The lowest BCUT2D eigenvalue weighted by Crippen LogP contribution is -2.39. The van der Waals surface area contributed by atoms with E-state index < -0.39 is 0 Å². The fourth-order valence-corrected chi connectivity index (χ4v) is 1.46. The van der Waals surface area contributed by atoms with Crippen molar-refractivity contribution in [3.8, 4) is 0 Å². The number of aliphatic hydroxyl groups excluding tert-OH is 1. The molecule has 0 bridgehead atoms. The Morgan fingerprint density at radius 2 is 0.929 bits per heavy atom. The van der Waals surface area contributed by atoms with Crippen molar-refractivity contribution in [2.75, 3.05) is 0 Å². The van der Waals surface area contributed by atoms with Gasteiger partial charge in [-0.2, -0.15) is 0 Å². The van der Waals surface area contributed by atoms with Gasteiger partial charge in [-0.15, -0.1) is 0 Å². The first-order valence-corrected chi connectivity index (χ1v) is 5.66. The van der Waals surface area contributed by atoms with E-state index in [1.807, 2.05) is 0 Å². The third kappa shape index (κ3) is 3.61. The number of aliphatic hydroxyl groups is 1. The second-order valence-electron chi connectivity index (χ2n) is 6.80. The van der Waals surface area contributed by atoms with Crippen LogP contribution in [0.3, 0.4) is 0 Å². The topological polar surface area (TPSA) is 20.2 Å². The highest BCUT2D eigenvalue weighted by Crippen LogP contribution is 2.37. The molecular formula is C13H28O. The van der Waals surface area contributed by atoms with Crippen molar-refractivity contribution in [2.45, 2.75) is 61.5 Å². The van der Waals surface area contributed by atoms with Crippen molar-refractivity contribution in [2.24, 2.45) is 22.7 Å². The van der Waals surface area contributed by atoms with E-state index in [9.17, 15) is 5.11 Å². The first-order chi connectivity index (χ1) is 5.98. The minimum atomic E-state index is -0.213. The third-order valence-corrected chi connectivity index (χ3v) is 3.76. The summed E-state index contributed by atoms with van der Waals surface area (Å²) in [5.41, 5.74) is 0.359. The molecule has 0 heterocycles. The molecule has 2 unspecified atom stereocenters. The Morgan fingerprint density at radius 1 is 0.714 bits per heavy atom. The van der Waals surface area contributed by atoms with Crippen molar-refractivity contribution in [1.82, 2.24) is 0 Å². The molecule has 0 spiro atoms. The highest BCUT2D eigenvalue weighted by atomic mass is 16.3. The van der Waals surface area contributed by atoms with Crippen molar-refractivity contribution in [1.29, 1.82) is 0 Å². The summed E-state index contributed by atoms with van der Waals surface area (Å²) in [7, 11) is 0. The van der Waals surface area contributed by atoms with E-state index in [-0.39, 0.29) is 16.9 Å². The van der Waals surface area contributed by atoms with E-state index in [1.54, 1.807) is 0 Å². The Bertz CT molecular complexity index is 151. The van der Waals surface area contributed by atoms with E-state index in [4.69, 9.17) is 0 Å². The molecule has 0 aromatic rings. The molecule has 0 aromatic heterocycles. The Kier molecular flexibility index (Phi) is 4.21. The molecule has 1 N–H and O–H groups in total. The Labute approximate surface area is 89.9 Å². The van der Waals surface area contributed by atoms with Gasteiger partial charge in [-0.05, 0) is 22.7 Å². The van der Waals surface area contributed by atoms with Crippen LogP contribution in [-0.2, 0) is 0 Å². The Hall–Kier alpha value is -0.0400. The van der Waals surface area contributed by atoms with Gasteiger partial charge in [0.15, 0.2) is 0 Å². The van der Waals surface area contributed by atoms with Gasteiger partial charge >= 0.3 is 0 Å². The molecule has 86 valence electrons. The van der Waals surface area contributed by atoms with Crippen LogP contribution < -0.4 is 0 Å². The molecule has 14 heavy (non-hydrogen) atoms. The van der Waals surface area contributed by atoms with Crippen LogP contribution in [0, 0.1) is 22.7 Å². The molecule has 0 aromatic carbocycles. The third-order valence-electron chi connectivity index (χ3n) is 3.76. The second-order valence-corrected chi connectivity index (χ2v) is 6.80. The summed E-state index contributed by atoms with van der Waals surface area (Å²) in [6.07, 6.45) is -0.213. The predicted octanol–water partition coefficient (Wildman–Crippen LogP) is 3.71. The smallest absolute Gasteiger partial charge is 0.0601 e. The van der Waals surface area contributed by atoms with Crippen LogP contribution in [0.5, 0.6) is 0 Å². The maximum absolute atomic E-state index is 10.3. The predicted molar refractivity (Wildman–Crippen MR) is 63.2 cm³/mol. The number of hydrogen-bond donors (Lipinski definition) is 1. The molecule has 1 nitrogen and oxygen atoms in total. The quantitative estimate of drug-likeness (QED) is 0.720. The molecule has 0 aliphatic rings. The first-order valence-electron chi connectivity index (χ1n) is 5.66. The average Bonchev–Trinajstić information content (AvgIpc) is 1.97. The van der Waals surface area contributed by atoms with Gasteiger partial charge in [-0.25, -0.2) is 0 Å². The van der Waals surface area contributed by atoms with Gasteiger partial charge in [-0.3, -0.25) is 0 Å². The number of rotatable bonds is 2. The molecule has 0 aliphatic heterocycles. The molecule has 1 heteroatoms. The van der Waals surface area contributed by atoms with Crippen LogP contribution in [0.25, 0.3) is 0 Å². The van der Waals surface area contributed by atoms with Crippen molar-refractivity contribution < 1.29 is 5.11 Å². The molecule has 0 saturated heterocycles.